The van der Waals surface area contributed by atoms with Crippen molar-refractivity contribution in [1.82, 2.24) is 4.98 Å². The Hall–Kier alpha value is -0.580. The second kappa shape index (κ2) is 5.49. The predicted molar refractivity (Wildman–Crippen MR) is 61.8 cm³/mol. The molecule has 0 saturated carbocycles. The van der Waals surface area contributed by atoms with Gasteiger partial charge in [0.05, 0.1) is 11.8 Å². The summed E-state index contributed by atoms with van der Waals surface area (Å²) in [7, 11) is 0. The lowest BCUT2D eigenvalue weighted by atomic mass is 10.3. The fourth-order valence-corrected chi connectivity index (χ4v) is 2.77. The van der Waals surface area contributed by atoms with E-state index >= 15 is 0 Å². The van der Waals surface area contributed by atoms with E-state index in [0.29, 0.717) is 12.6 Å². The Morgan fingerprint density at radius 1 is 1.60 bits per heavy atom. The highest BCUT2D eigenvalue weighted by Gasteiger charge is 2.16. The maximum absolute atomic E-state index is 5.63. The zero-order chi connectivity index (χ0) is 10.5. The van der Waals surface area contributed by atoms with Crippen LogP contribution in [0.4, 0.5) is 0 Å². The Morgan fingerprint density at radius 2 is 2.53 bits per heavy atom. The van der Waals surface area contributed by atoms with Gasteiger partial charge in [-0.15, -0.1) is 11.8 Å². The molecule has 0 amide bonds. The normalized spacial score (nSPS) is 20.7. The fraction of sp³-hybridized carbons (Fsp3) is 0.545. The molecule has 2 rings (SSSR count). The third-order valence-corrected chi connectivity index (χ3v) is 3.71. The van der Waals surface area contributed by atoms with E-state index in [4.69, 9.17) is 10.5 Å². The Labute approximate surface area is 94.4 Å². The SMILES string of the molecule is NCc1ncccc1SCC1CCCO1. The highest BCUT2D eigenvalue weighted by molar-refractivity contribution is 7.99. The molecule has 4 heteroatoms. The Morgan fingerprint density at radius 3 is 3.27 bits per heavy atom. The summed E-state index contributed by atoms with van der Waals surface area (Å²) in [5, 5.41) is 0. The molecule has 3 nitrogen and oxygen atoms in total. The van der Waals surface area contributed by atoms with Gasteiger partial charge in [0, 0.05) is 30.0 Å². The lowest BCUT2D eigenvalue weighted by Crippen LogP contribution is -2.09. The van der Waals surface area contributed by atoms with E-state index in [1.54, 1.807) is 18.0 Å². The quantitative estimate of drug-likeness (QED) is 0.792. The van der Waals surface area contributed by atoms with Gasteiger partial charge in [-0.1, -0.05) is 0 Å². The van der Waals surface area contributed by atoms with Gasteiger partial charge >= 0.3 is 0 Å². The molecule has 1 unspecified atom stereocenters. The zero-order valence-corrected chi connectivity index (χ0v) is 9.50. The van der Waals surface area contributed by atoms with Gasteiger partial charge in [-0.05, 0) is 25.0 Å². The second-order valence-electron chi connectivity index (χ2n) is 3.60. The van der Waals surface area contributed by atoms with Crippen molar-refractivity contribution in [3.63, 3.8) is 0 Å². The molecule has 0 aliphatic carbocycles. The Bertz CT molecular complexity index is 313. The topological polar surface area (TPSA) is 48.1 Å². The average Bonchev–Trinajstić information content (AvgIpc) is 2.79. The smallest absolute Gasteiger partial charge is 0.0674 e. The first-order chi connectivity index (χ1) is 7.40. The lowest BCUT2D eigenvalue weighted by molar-refractivity contribution is 0.129. The average molecular weight is 224 g/mol. The summed E-state index contributed by atoms with van der Waals surface area (Å²) >= 11 is 1.80. The number of aromatic nitrogens is 1. The molecule has 1 fully saturated rings. The predicted octanol–water partition coefficient (Wildman–Crippen LogP) is 1.81. The van der Waals surface area contributed by atoms with E-state index in [1.807, 2.05) is 6.07 Å². The molecule has 1 aromatic heterocycles. The molecule has 2 N–H and O–H groups in total. The first-order valence-corrected chi connectivity index (χ1v) is 6.27. The molecule has 0 radical (unpaired) electrons. The van der Waals surface area contributed by atoms with Crippen LogP contribution in [0.15, 0.2) is 23.2 Å². The summed E-state index contributed by atoms with van der Waals surface area (Å²) in [5.74, 6) is 1.01. The van der Waals surface area contributed by atoms with Crippen molar-refractivity contribution in [2.24, 2.45) is 5.73 Å². The Balaban J connectivity index is 1.91. The number of nitrogens with two attached hydrogens (primary N) is 1. The van der Waals surface area contributed by atoms with Crippen molar-refractivity contribution < 1.29 is 4.74 Å². The van der Waals surface area contributed by atoms with Gasteiger partial charge in [-0.25, -0.2) is 0 Å². The van der Waals surface area contributed by atoms with Crippen molar-refractivity contribution in [3.05, 3.63) is 24.0 Å². The number of pyridine rings is 1. The summed E-state index contributed by atoms with van der Waals surface area (Å²) < 4.78 is 5.58. The minimum atomic E-state index is 0.417. The Kier molecular flexibility index (Phi) is 4.00. The number of thioether (sulfide) groups is 1. The van der Waals surface area contributed by atoms with Crippen LogP contribution < -0.4 is 5.73 Å². The monoisotopic (exact) mass is 224 g/mol. The number of hydrogen-bond donors (Lipinski definition) is 1. The third kappa shape index (κ3) is 2.93. The molecule has 1 saturated heterocycles. The van der Waals surface area contributed by atoms with Gasteiger partial charge in [0.15, 0.2) is 0 Å². The molecule has 1 aliphatic heterocycles. The van der Waals surface area contributed by atoms with Crippen molar-refractivity contribution >= 4 is 11.8 Å². The van der Waals surface area contributed by atoms with Crippen LogP contribution >= 0.6 is 11.8 Å². The zero-order valence-electron chi connectivity index (χ0n) is 8.69. The summed E-state index contributed by atoms with van der Waals surface area (Å²) in [5.41, 5.74) is 6.61. The summed E-state index contributed by atoms with van der Waals surface area (Å²) in [6.45, 7) is 1.43. The number of rotatable bonds is 4. The minimum Gasteiger partial charge on any atom is -0.377 e. The highest BCUT2D eigenvalue weighted by Crippen LogP contribution is 2.25. The van der Waals surface area contributed by atoms with Gasteiger partial charge in [0.25, 0.3) is 0 Å². The van der Waals surface area contributed by atoms with Crippen LogP contribution in [0.3, 0.4) is 0 Å². The molecule has 1 aliphatic rings. The number of nitrogens with zero attached hydrogens (tertiary/aromatic N) is 1. The van der Waals surface area contributed by atoms with Crippen LogP contribution in [-0.2, 0) is 11.3 Å². The molecule has 0 spiro atoms. The van der Waals surface area contributed by atoms with Crippen LogP contribution in [0.1, 0.15) is 18.5 Å². The maximum Gasteiger partial charge on any atom is 0.0674 e. The maximum atomic E-state index is 5.63. The van der Waals surface area contributed by atoms with Gasteiger partial charge in [0.1, 0.15) is 0 Å². The number of hydrogen-bond acceptors (Lipinski definition) is 4. The van der Waals surface area contributed by atoms with Crippen molar-refractivity contribution in [3.8, 4) is 0 Å². The van der Waals surface area contributed by atoms with E-state index in [-0.39, 0.29) is 0 Å². The standard InChI is InChI=1S/C11H16N2OS/c12-7-10-11(4-1-5-13-10)15-8-9-3-2-6-14-9/h1,4-5,9H,2-3,6-8,12H2. The van der Waals surface area contributed by atoms with E-state index in [9.17, 15) is 0 Å². The van der Waals surface area contributed by atoms with Gasteiger partial charge in [-0.3, -0.25) is 4.98 Å². The summed E-state index contributed by atoms with van der Waals surface area (Å²) in [6, 6.07) is 4.03. The minimum absolute atomic E-state index is 0.417. The van der Waals surface area contributed by atoms with Crippen molar-refractivity contribution in [2.75, 3.05) is 12.4 Å². The molecule has 15 heavy (non-hydrogen) atoms. The molecular formula is C11H16N2OS. The lowest BCUT2D eigenvalue weighted by Gasteiger charge is -2.10. The third-order valence-electron chi connectivity index (χ3n) is 2.49. The largest absolute Gasteiger partial charge is 0.377 e. The van der Waals surface area contributed by atoms with Crippen molar-refractivity contribution in [1.29, 1.82) is 0 Å². The number of ether oxygens (including phenoxy) is 1. The van der Waals surface area contributed by atoms with Crippen LogP contribution in [-0.4, -0.2) is 23.4 Å². The first-order valence-electron chi connectivity index (χ1n) is 5.28. The van der Waals surface area contributed by atoms with Crippen LogP contribution in [0.25, 0.3) is 0 Å². The van der Waals surface area contributed by atoms with Gasteiger partial charge < -0.3 is 10.5 Å². The summed E-state index contributed by atoms with van der Waals surface area (Å²) in [6.07, 6.45) is 4.59. The highest BCUT2D eigenvalue weighted by atomic mass is 32.2. The molecule has 1 aromatic rings. The van der Waals surface area contributed by atoms with Crippen molar-refractivity contribution in [2.45, 2.75) is 30.4 Å². The van der Waals surface area contributed by atoms with Crippen LogP contribution in [0.5, 0.6) is 0 Å². The van der Waals surface area contributed by atoms with Gasteiger partial charge in [-0.2, -0.15) is 0 Å². The van der Waals surface area contributed by atoms with E-state index in [0.717, 1.165) is 18.1 Å². The molecule has 0 bridgehead atoms. The van der Waals surface area contributed by atoms with Crippen LogP contribution in [0, 0.1) is 0 Å². The molecule has 0 aromatic carbocycles. The molecule has 2 heterocycles. The van der Waals surface area contributed by atoms with E-state index < -0.39 is 0 Å². The summed E-state index contributed by atoms with van der Waals surface area (Å²) in [4.78, 5) is 5.45. The van der Waals surface area contributed by atoms with E-state index in [2.05, 4.69) is 11.1 Å². The van der Waals surface area contributed by atoms with Crippen LogP contribution in [0.2, 0.25) is 0 Å². The van der Waals surface area contributed by atoms with E-state index in [1.165, 1.54) is 17.7 Å². The first kappa shape index (κ1) is 10.9. The molecule has 1 atom stereocenters. The molecular weight excluding hydrogens is 208 g/mol. The fourth-order valence-electron chi connectivity index (χ4n) is 1.67. The second-order valence-corrected chi connectivity index (χ2v) is 4.66. The molecule has 82 valence electrons. The van der Waals surface area contributed by atoms with Gasteiger partial charge in [0.2, 0.25) is 0 Å².